The van der Waals surface area contributed by atoms with E-state index in [9.17, 15) is 9.59 Å². The van der Waals surface area contributed by atoms with E-state index >= 15 is 0 Å². The Labute approximate surface area is 119 Å². The first-order valence-electron chi connectivity index (χ1n) is 5.90. The number of amidine groups is 1. The summed E-state index contributed by atoms with van der Waals surface area (Å²) in [5.41, 5.74) is 0. The molecule has 1 amide bonds. The molecule has 1 saturated heterocycles. The van der Waals surface area contributed by atoms with Gasteiger partial charge in [-0.1, -0.05) is 11.8 Å². The third-order valence-electron chi connectivity index (χ3n) is 2.34. The van der Waals surface area contributed by atoms with Gasteiger partial charge in [0.2, 0.25) is 5.91 Å². The number of hydrogen-bond donors (Lipinski definition) is 1. The molecule has 1 atom stereocenters. The lowest BCUT2D eigenvalue weighted by Gasteiger charge is -2.04. The van der Waals surface area contributed by atoms with Crippen molar-refractivity contribution in [3.05, 3.63) is 24.2 Å². The summed E-state index contributed by atoms with van der Waals surface area (Å²) in [7, 11) is 0. The van der Waals surface area contributed by atoms with Crippen LogP contribution in [0.2, 0.25) is 0 Å². The fourth-order valence-electron chi connectivity index (χ4n) is 1.45. The SMILES string of the molecule is CC(=O)OCCC1S/C(=N\N=C\c2ccco2)NC1=O. The van der Waals surface area contributed by atoms with Crippen LogP contribution in [0.3, 0.4) is 0 Å². The second-order valence-electron chi connectivity index (χ2n) is 3.89. The standard InChI is InChI=1S/C12H13N3O4S/c1-8(16)18-6-4-10-11(17)14-12(20-10)15-13-7-9-3-2-5-19-9/h2-3,5,7,10H,4,6H2,1H3,(H,14,15,17)/b13-7+. The maximum atomic E-state index is 11.6. The van der Waals surface area contributed by atoms with E-state index in [1.54, 1.807) is 12.1 Å². The Balaban J connectivity index is 1.83. The van der Waals surface area contributed by atoms with Gasteiger partial charge in [-0.3, -0.25) is 9.59 Å². The van der Waals surface area contributed by atoms with Gasteiger partial charge >= 0.3 is 5.97 Å². The molecule has 1 aliphatic rings. The van der Waals surface area contributed by atoms with Crippen molar-refractivity contribution in [3.8, 4) is 0 Å². The molecule has 1 N–H and O–H groups in total. The predicted molar refractivity (Wildman–Crippen MR) is 74.5 cm³/mol. The molecule has 8 heteroatoms. The summed E-state index contributed by atoms with van der Waals surface area (Å²) in [5, 5.41) is 10.4. The molecule has 0 aromatic carbocycles. The minimum Gasteiger partial charge on any atom is -0.466 e. The number of carbonyl (C=O) groups is 2. The van der Waals surface area contributed by atoms with Crippen molar-refractivity contribution < 1.29 is 18.7 Å². The molecule has 106 valence electrons. The molecule has 1 fully saturated rings. The first kappa shape index (κ1) is 14.3. The largest absolute Gasteiger partial charge is 0.466 e. The number of amides is 1. The summed E-state index contributed by atoms with van der Waals surface area (Å²) >= 11 is 1.26. The number of carbonyl (C=O) groups excluding carboxylic acids is 2. The molecular formula is C12H13N3O4S. The Bertz CT molecular complexity index is 539. The van der Waals surface area contributed by atoms with Crippen LogP contribution in [0.4, 0.5) is 0 Å². The zero-order chi connectivity index (χ0) is 14.4. The molecule has 0 saturated carbocycles. The summed E-state index contributed by atoms with van der Waals surface area (Å²) in [5.74, 6) is 0.0644. The van der Waals surface area contributed by atoms with Crippen molar-refractivity contribution in [1.82, 2.24) is 5.32 Å². The number of esters is 1. The van der Waals surface area contributed by atoms with Gasteiger partial charge in [-0.2, -0.15) is 5.10 Å². The molecule has 0 aliphatic carbocycles. The Morgan fingerprint density at radius 2 is 2.50 bits per heavy atom. The highest BCUT2D eigenvalue weighted by Crippen LogP contribution is 2.22. The van der Waals surface area contributed by atoms with E-state index in [1.807, 2.05) is 0 Å². The summed E-state index contributed by atoms with van der Waals surface area (Å²) < 4.78 is 9.86. The quantitative estimate of drug-likeness (QED) is 0.500. The molecule has 2 heterocycles. The molecule has 1 unspecified atom stereocenters. The van der Waals surface area contributed by atoms with Crippen molar-refractivity contribution in [2.75, 3.05) is 6.61 Å². The lowest BCUT2D eigenvalue weighted by molar-refractivity contribution is -0.141. The van der Waals surface area contributed by atoms with E-state index in [0.717, 1.165) is 0 Å². The van der Waals surface area contributed by atoms with Crippen LogP contribution in [0.1, 0.15) is 19.1 Å². The van der Waals surface area contributed by atoms with E-state index in [1.165, 1.54) is 31.2 Å². The molecule has 7 nitrogen and oxygen atoms in total. The van der Waals surface area contributed by atoms with Crippen molar-refractivity contribution in [1.29, 1.82) is 0 Å². The van der Waals surface area contributed by atoms with Crippen molar-refractivity contribution in [3.63, 3.8) is 0 Å². The van der Waals surface area contributed by atoms with Crippen LogP contribution in [-0.4, -0.2) is 35.1 Å². The van der Waals surface area contributed by atoms with Gasteiger partial charge in [0, 0.05) is 13.3 Å². The van der Waals surface area contributed by atoms with Gasteiger partial charge in [0.05, 0.1) is 24.3 Å². The third kappa shape index (κ3) is 4.23. The van der Waals surface area contributed by atoms with E-state index in [0.29, 0.717) is 17.3 Å². The molecule has 1 aliphatic heterocycles. The first-order chi connectivity index (χ1) is 9.65. The Kier molecular flexibility index (Phi) is 4.94. The van der Waals surface area contributed by atoms with Crippen LogP contribution >= 0.6 is 11.8 Å². The van der Waals surface area contributed by atoms with Crippen LogP contribution in [0, 0.1) is 0 Å². The molecule has 1 aromatic rings. The second-order valence-corrected chi connectivity index (χ2v) is 5.08. The van der Waals surface area contributed by atoms with Crippen LogP contribution in [0.25, 0.3) is 0 Å². The highest BCUT2D eigenvalue weighted by Gasteiger charge is 2.30. The fraction of sp³-hybridized carbons (Fsp3) is 0.333. The maximum absolute atomic E-state index is 11.6. The smallest absolute Gasteiger partial charge is 0.302 e. The van der Waals surface area contributed by atoms with E-state index in [2.05, 4.69) is 15.5 Å². The van der Waals surface area contributed by atoms with Gasteiger partial charge in [-0.05, 0) is 12.1 Å². The summed E-state index contributed by atoms with van der Waals surface area (Å²) in [6.45, 7) is 1.54. The van der Waals surface area contributed by atoms with E-state index in [4.69, 9.17) is 9.15 Å². The molecule has 1 aromatic heterocycles. The number of nitrogens with one attached hydrogen (secondary N) is 1. The maximum Gasteiger partial charge on any atom is 0.302 e. The van der Waals surface area contributed by atoms with Gasteiger partial charge < -0.3 is 14.5 Å². The molecule has 2 rings (SSSR count). The predicted octanol–water partition coefficient (Wildman–Crippen LogP) is 1.15. The molecule has 20 heavy (non-hydrogen) atoms. The molecular weight excluding hydrogens is 282 g/mol. The van der Waals surface area contributed by atoms with Crippen molar-refractivity contribution in [2.24, 2.45) is 10.2 Å². The van der Waals surface area contributed by atoms with Crippen LogP contribution in [-0.2, 0) is 14.3 Å². The lowest BCUT2D eigenvalue weighted by Crippen LogP contribution is -2.25. The van der Waals surface area contributed by atoms with E-state index < -0.39 is 0 Å². The van der Waals surface area contributed by atoms with Crippen molar-refractivity contribution in [2.45, 2.75) is 18.6 Å². The van der Waals surface area contributed by atoms with Gasteiger partial charge in [-0.15, -0.1) is 5.10 Å². The highest BCUT2D eigenvalue weighted by molar-refractivity contribution is 8.15. The summed E-state index contributed by atoms with van der Waals surface area (Å²) in [6, 6.07) is 3.48. The summed E-state index contributed by atoms with van der Waals surface area (Å²) in [4.78, 5) is 22.3. The Morgan fingerprint density at radius 3 is 3.20 bits per heavy atom. The highest BCUT2D eigenvalue weighted by atomic mass is 32.2. The van der Waals surface area contributed by atoms with Gasteiger partial charge in [0.15, 0.2) is 5.17 Å². The molecule has 0 spiro atoms. The number of rotatable bonds is 5. The number of nitrogens with zero attached hydrogens (tertiary/aromatic N) is 2. The number of furan rings is 1. The van der Waals surface area contributed by atoms with Crippen LogP contribution in [0.5, 0.6) is 0 Å². The number of hydrogen-bond acceptors (Lipinski definition) is 7. The van der Waals surface area contributed by atoms with Gasteiger partial charge in [0.1, 0.15) is 5.76 Å². The Hall–Kier alpha value is -2.09. The Morgan fingerprint density at radius 1 is 1.65 bits per heavy atom. The van der Waals surface area contributed by atoms with Crippen molar-refractivity contribution >= 4 is 35.0 Å². The fourth-order valence-corrected chi connectivity index (χ4v) is 2.36. The third-order valence-corrected chi connectivity index (χ3v) is 3.48. The molecule has 0 bridgehead atoms. The summed E-state index contributed by atoms with van der Waals surface area (Å²) in [6.07, 6.45) is 3.43. The average Bonchev–Trinajstić information content (AvgIpc) is 3.00. The minimum absolute atomic E-state index is 0.158. The first-order valence-corrected chi connectivity index (χ1v) is 6.78. The number of ether oxygens (including phenoxy) is 1. The zero-order valence-corrected chi connectivity index (χ0v) is 11.6. The lowest BCUT2D eigenvalue weighted by atomic mass is 10.3. The number of thioether (sulfide) groups is 1. The average molecular weight is 295 g/mol. The normalized spacial score (nSPS) is 20.6. The molecule has 0 radical (unpaired) electrons. The van der Waals surface area contributed by atoms with Crippen LogP contribution in [0.15, 0.2) is 33.0 Å². The van der Waals surface area contributed by atoms with Gasteiger partial charge in [0.25, 0.3) is 0 Å². The minimum atomic E-state index is -0.356. The van der Waals surface area contributed by atoms with E-state index in [-0.39, 0.29) is 23.7 Å². The van der Waals surface area contributed by atoms with Crippen LogP contribution < -0.4 is 5.32 Å². The topological polar surface area (TPSA) is 93.3 Å². The zero-order valence-electron chi connectivity index (χ0n) is 10.7. The van der Waals surface area contributed by atoms with Gasteiger partial charge in [-0.25, -0.2) is 0 Å². The second kappa shape index (κ2) is 6.90. The monoisotopic (exact) mass is 295 g/mol.